The van der Waals surface area contributed by atoms with E-state index in [2.05, 4.69) is 0 Å². The number of carbonyl (C=O) groups is 1. The smallest absolute Gasteiger partial charge is 0.166 e. The van der Waals surface area contributed by atoms with E-state index in [1.54, 1.807) is 13.2 Å². The van der Waals surface area contributed by atoms with Gasteiger partial charge in [-0.15, -0.1) is 0 Å². The molecule has 0 aliphatic rings. The van der Waals surface area contributed by atoms with Crippen molar-refractivity contribution < 1.29 is 13.9 Å². The molecule has 3 heteroatoms. The van der Waals surface area contributed by atoms with Crippen LogP contribution in [-0.2, 0) is 16.0 Å². The van der Waals surface area contributed by atoms with Crippen LogP contribution >= 0.6 is 0 Å². The highest BCUT2D eigenvalue weighted by atomic mass is 19.1. The first-order valence-electron chi connectivity index (χ1n) is 5.76. The monoisotopic (exact) mass is 238 g/mol. The second-order valence-electron chi connectivity index (χ2n) is 4.61. The number of ketones is 1. The second-order valence-corrected chi connectivity index (χ2v) is 4.61. The molecule has 94 valence electrons. The van der Waals surface area contributed by atoms with Gasteiger partial charge in [-0.05, 0) is 36.1 Å². The second kappa shape index (κ2) is 5.92. The summed E-state index contributed by atoms with van der Waals surface area (Å²) >= 11 is 0. The Labute approximate surface area is 102 Å². The Morgan fingerprint density at radius 2 is 2.06 bits per heavy atom. The maximum absolute atomic E-state index is 12.9. The summed E-state index contributed by atoms with van der Waals surface area (Å²) in [4.78, 5) is 12.0. The van der Waals surface area contributed by atoms with Gasteiger partial charge in [0.05, 0.1) is 0 Å². The maximum Gasteiger partial charge on any atom is 0.166 e. The molecule has 0 radical (unpaired) electrons. The van der Waals surface area contributed by atoms with Gasteiger partial charge in [0.1, 0.15) is 11.9 Å². The van der Waals surface area contributed by atoms with Crippen LogP contribution in [0.4, 0.5) is 4.39 Å². The molecular formula is C14H19FO2. The predicted octanol–water partition coefficient (Wildman–Crippen LogP) is 2.92. The Balaban J connectivity index is 2.80. The molecule has 0 saturated carbocycles. The average molecular weight is 238 g/mol. The largest absolute Gasteiger partial charge is 0.373 e. The van der Waals surface area contributed by atoms with Crippen LogP contribution in [0, 0.1) is 18.7 Å². The molecule has 1 atom stereocenters. The minimum absolute atomic E-state index is 0.0391. The lowest BCUT2D eigenvalue weighted by Crippen LogP contribution is -2.30. The van der Waals surface area contributed by atoms with E-state index in [4.69, 9.17) is 4.74 Å². The molecule has 2 nitrogen and oxygen atoms in total. The molecule has 0 fully saturated rings. The number of halogens is 1. The third-order valence-electron chi connectivity index (χ3n) is 2.85. The molecule has 17 heavy (non-hydrogen) atoms. The van der Waals surface area contributed by atoms with E-state index in [1.165, 1.54) is 12.1 Å². The molecule has 0 amide bonds. The summed E-state index contributed by atoms with van der Waals surface area (Å²) in [7, 11) is 1.54. The van der Waals surface area contributed by atoms with Crippen molar-refractivity contribution >= 4 is 5.78 Å². The van der Waals surface area contributed by atoms with Crippen LogP contribution in [0.3, 0.4) is 0 Å². The predicted molar refractivity (Wildman–Crippen MR) is 65.5 cm³/mol. The molecule has 1 aromatic carbocycles. The van der Waals surface area contributed by atoms with Gasteiger partial charge in [0, 0.05) is 13.5 Å². The molecule has 1 aromatic rings. The van der Waals surface area contributed by atoms with Crippen molar-refractivity contribution in [2.45, 2.75) is 33.3 Å². The van der Waals surface area contributed by atoms with Crippen LogP contribution in [0.15, 0.2) is 18.2 Å². The van der Waals surface area contributed by atoms with Crippen LogP contribution in [0.1, 0.15) is 25.0 Å². The van der Waals surface area contributed by atoms with Crippen molar-refractivity contribution in [3.05, 3.63) is 35.1 Å². The summed E-state index contributed by atoms with van der Waals surface area (Å²) in [6.45, 7) is 5.70. The minimum Gasteiger partial charge on any atom is -0.373 e. The molecule has 0 heterocycles. The van der Waals surface area contributed by atoms with Gasteiger partial charge in [0.2, 0.25) is 0 Å². The zero-order chi connectivity index (χ0) is 13.0. The van der Waals surface area contributed by atoms with Crippen molar-refractivity contribution in [3.63, 3.8) is 0 Å². The molecule has 1 rings (SSSR count). The van der Waals surface area contributed by atoms with Crippen molar-refractivity contribution in [3.8, 4) is 0 Å². The first-order valence-corrected chi connectivity index (χ1v) is 5.76. The summed E-state index contributed by atoms with van der Waals surface area (Å²) in [5.74, 6) is -0.0867. The number of hydrogen-bond acceptors (Lipinski definition) is 2. The van der Waals surface area contributed by atoms with E-state index < -0.39 is 0 Å². The van der Waals surface area contributed by atoms with Gasteiger partial charge >= 0.3 is 0 Å². The van der Waals surface area contributed by atoms with E-state index >= 15 is 0 Å². The van der Waals surface area contributed by atoms with Gasteiger partial charge < -0.3 is 4.74 Å². The lowest BCUT2D eigenvalue weighted by Gasteiger charge is -2.18. The number of hydrogen-bond donors (Lipinski definition) is 0. The van der Waals surface area contributed by atoms with Crippen molar-refractivity contribution in [2.24, 2.45) is 5.92 Å². The summed E-state index contributed by atoms with van der Waals surface area (Å²) in [6.07, 6.45) is -0.0950. The van der Waals surface area contributed by atoms with Crippen LogP contribution in [0.25, 0.3) is 0 Å². The third-order valence-corrected chi connectivity index (χ3v) is 2.85. The Kier molecular flexibility index (Phi) is 4.82. The summed E-state index contributed by atoms with van der Waals surface area (Å²) < 4.78 is 18.1. The third kappa shape index (κ3) is 3.63. The zero-order valence-corrected chi connectivity index (χ0v) is 10.8. The standard InChI is InChI=1S/C14H19FO2/c1-9(2)14(17-4)13(16)8-11-5-6-12(15)7-10(11)3/h5-7,9,14H,8H2,1-4H3. The topological polar surface area (TPSA) is 26.3 Å². The van der Waals surface area contributed by atoms with Crippen molar-refractivity contribution in [1.82, 2.24) is 0 Å². The van der Waals surface area contributed by atoms with Crippen molar-refractivity contribution in [1.29, 1.82) is 0 Å². The molecule has 0 aliphatic carbocycles. The Morgan fingerprint density at radius 3 is 2.53 bits per heavy atom. The maximum atomic E-state index is 12.9. The molecular weight excluding hydrogens is 219 g/mol. The molecule has 0 N–H and O–H groups in total. The van der Waals surface area contributed by atoms with E-state index in [1.807, 2.05) is 20.8 Å². The van der Waals surface area contributed by atoms with Crippen LogP contribution in [0.5, 0.6) is 0 Å². The number of methoxy groups -OCH3 is 1. The fourth-order valence-corrected chi connectivity index (χ4v) is 1.92. The van der Waals surface area contributed by atoms with E-state index in [0.717, 1.165) is 11.1 Å². The van der Waals surface area contributed by atoms with Crippen molar-refractivity contribution in [2.75, 3.05) is 7.11 Å². The molecule has 0 saturated heterocycles. The van der Waals surface area contributed by atoms with Crippen LogP contribution in [-0.4, -0.2) is 19.0 Å². The molecule has 0 spiro atoms. The Morgan fingerprint density at radius 1 is 1.41 bits per heavy atom. The fourth-order valence-electron chi connectivity index (χ4n) is 1.92. The quantitative estimate of drug-likeness (QED) is 0.788. The van der Waals surface area contributed by atoms with Gasteiger partial charge in [-0.2, -0.15) is 0 Å². The highest BCUT2D eigenvalue weighted by molar-refractivity contribution is 5.85. The van der Waals surface area contributed by atoms with Gasteiger partial charge in [-0.25, -0.2) is 4.39 Å². The first-order chi connectivity index (χ1) is 7.95. The summed E-state index contributed by atoms with van der Waals surface area (Å²) in [5, 5.41) is 0. The Bertz CT molecular complexity index is 399. The average Bonchev–Trinajstić information content (AvgIpc) is 2.22. The lowest BCUT2D eigenvalue weighted by molar-refractivity contribution is -0.130. The number of aryl methyl sites for hydroxylation is 1. The number of rotatable bonds is 5. The zero-order valence-electron chi connectivity index (χ0n) is 10.8. The van der Waals surface area contributed by atoms with Crippen LogP contribution in [0.2, 0.25) is 0 Å². The summed E-state index contributed by atoms with van der Waals surface area (Å²) in [5.41, 5.74) is 1.66. The fraction of sp³-hybridized carbons (Fsp3) is 0.500. The van der Waals surface area contributed by atoms with E-state index in [-0.39, 0.29) is 23.6 Å². The van der Waals surface area contributed by atoms with Gasteiger partial charge in [-0.3, -0.25) is 4.79 Å². The number of carbonyl (C=O) groups excluding carboxylic acids is 1. The number of Topliss-reactive ketones (excluding diaryl/α,β-unsaturated/α-hetero) is 1. The highest BCUT2D eigenvalue weighted by Gasteiger charge is 2.21. The van der Waals surface area contributed by atoms with Gasteiger partial charge in [0.25, 0.3) is 0 Å². The summed E-state index contributed by atoms with van der Waals surface area (Å²) in [6, 6.07) is 4.49. The molecule has 1 unspecified atom stereocenters. The number of benzene rings is 1. The van der Waals surface area contributed by atoms with Crippen LogP contribution < -0.4 is 0 Å². The normalized spacial score (nSPS) is 12.8. The van der Waals surface area contributed by atoms with E-state index in [9.17, 15) is 9.18 Å². The highest BCUT2D eigenvalue weighted by Crippen LogP contribution is 2.15. The minimum atomic E-state index is -0.389. The molecule has 0 aromatic heterocycles. The molecule has 0 bridgehead atoms. The first kappa shape index (κ1) is 13.8. The molecule has 0 aliphatic heterocycles. The Hall–Kier alpha value is -1.22. The number of ether oxygens (including phenoxy) is 1. The van der Waals surface area contributed by atoms with Gasteiger partial charge in [-0.1, -0.05) is 19.9 Å². The van der Waals surface area contributed by atoms with Gasteiger partial charge in [0.15, 0.2) is 5.78 Å². The SMILES string of the molecule is COC(C(=O)Cc1ccc(F)cc1C)C(C)C. The lowest BCUT2D eigenvalue weighted by atomic mass is 9.96. The van der Waals surface area contributed by atoms with E-state index in [0.29, 0.717) is 6.42 Å².